The topological polar surface area (TPSA) is 89.1 Å². The molecule has 0 saturated carbocycles. The number of urea groups is 1. The second-order valence-corrected chi connectivity index (χ2v) is 7.45. The number of hydrogen-bond donors (Lipinski definition) is 1. The molecule has 9 heteroatoms. The van der Waals surface area contributed by atoms with Gasteiger partial charge in [-0.05, 0) is 36.4 Å². The van der Waals surface area contributed by atoms with Crippen molar-refractivity contribution in [2.75, 3.05) is 57.7 Å². The molecule has 1 fully saturated rings. The lowest BCUT2D eigenvalue weighted by atomic mass is 10.1. The molecule has 1 aromatic heterocycles. The maximum atomic E-state index is 12.8. The third-order valence-electron chi connectivity index (χ3n) is 5.57. The van der Waals surface area contributed by atoms with Crippen molar-refractivity contribution in [2.24, 2.45) is 0 Å². The van der Waals surface area contributed by atoms with Gasteiger partial charge in [-0.3, -0.25) is 0 Å². The first-order chi connectivity index (χ1) is 16.1. The monoisotopic (exact) mass is 449 g/mol. The Morgan fingerprint density at radius 1 is 0.848 bits per heavy atom. The number of aromatic nitrogens is 2. The van der Waals surface area contributed by atoms with E-state index in [2.05, 4.69) is 20.4 Å². The van der Waals surface area contributed by atoms with Gasteiger partial charge in [0.1, 0.15) is 17.2 Å². The highest BCUT2D eigenvalue weighted by Crippen LogP contribution is 2.30. The molecule has 2 aromatic carbocycles. The highest BCUT2D eigenvalue weighted by atomic mass is 16.5. The first-order valence-corrected chi connectivity index (χ1v) is 10.6. The number of carbonyl (C=O) groups excluding carboxylic acids is 1. The van der Waals surface area contributed by atoms with Gasteiger partial charge in [-0.25, -0.2) is 4.79 Å². The molecule has 9 nitrogen and oxygen atoms in total. The number of carbonyl (C=O) groups is 1. The van der Waals surface area contributed by atoms with Gasteiger partial charge in [0.15, 0.2) is 5.82 Å². The molecule has 0 aliphatic carbocycles. The maximum absolute atomic E-state index is 12.8. The van der Waals surface area contributed by atoms with Crippen LogP contribution in [0, 0.1) is 0 Å². The molecule has 172 valence electrons. The molecule has 1 N–H and O–H groups in total. The van der Waals surface area contributed by atoms with Gasteiger partial charge in [-0.15, -0.1) is 10.2 Å². The van der Waals surface area contributed by atoms with Gasteiger partial charge in [-0.2, -0.15) is 0 Å². The van der Waals surface area contributed by atoms with E-state index in [1.807, 2.05) is 36.4 Å². The number of amides is 2. The van der Waals surface area contributed by atoms with Gasteiger partial charge in [0, 0.05) is 37.8 Å². The molecule has 1 aliphatic rings. The van der Waals surface area contributed by atoms with Crippen molar-refractivity contribution < 1.29 is 19.0 Å². The largest absolute Gasteiger partial charge is 0.497 e. The van der Waals surface area contributed by atoms with Crippen LogP contribution in [0.1, 0.15) is 0 Å². The lowest BCUT2D eigenvalue weighted by Gasteiger charge is -2.35. The summed E-state index contributed by atoms with van der Waals surface area (Å²) in [4.78, 5) is 16.7. The van der Waals surface area contributed by atoms with Gasteiger partial charge in [0.25, 0.3) is 0 Å². The van der Waals surface area contributed by atoms with Crippen LogP contribution in [0.2, 0.25) is 0 Å². The molecule has 1 aliphatic heterocycles. The van der Waals surface area contributed by atoms with Gasteiger partial charge < -0.3 is 29.3 Å². The number of anilines is 2. The predicted molar refractivity (Wildman–Crippen MR) is 126 cm³/mol. The van der Waals surface area contributed by atoms with Crippen LogP contribution in [-0.2, 0) is 0 Å². The van der Waals surface area contributed by atoms with Crippen LogP contribution in [-0.4, -0.2) is 68.6 Å². The highest BCUT2D eigenvalue weighted by Gasteiger charge is 2.23. The third-order valence-corrected chi connectivity index (χ3v) is 5.57. The molecule has 0 unspecified atom stereocenters. The van der Waals surface area contributed by atoms with E-state index in [9.17, 15) is 4.79 Å². The minimum atomic E-state index is -0.182. The fraction of sp³-hybridized carbons (Fsp3) is 0.292. The summed E-state index contributed by atoms with van der Waals surface area (Å²) in [5, 5.41) is 11.7. The zero-order valence-electron chi connectivity index (χ0n) is 18.9. The lowest BCUT2D eigenvalue weighted by Crippen LogP contribution is -2.50. The van der Waals surface area contributed by atoms with Crippen molar-refractivity contribution in [3.05, 3.63) is 54.6 Å². The van der Waals surface area contributed by atoms with Crippen LogP contribution >= 0.6 is 0 Å². The molecule has 4 rings (SSSR count). The van der Waals surface area contributed by atoms with E-state index in [-0.39, 0.29) is 6.03 Å². The van der Waals surface area contributed by atoms with Crippen molar-refractivity contribution in [2.45, 2.75) is 0 Å². The van der Waals surface area contributed by atoms with Crippen molar-refractivity contribution in [3.8, 4) is 28.5 Å². The summed E-state index contributed by atoms with van der Waals surface area (Å²) < 4.78 is 16.0. The fourth-order valence-electron chi connectivity index (χ4n) is 3.74. The molecule has 2 heterocycles. The molecule has 1 saturated heterocycles. The van der Waals surface area contributed by atoms with Gasteiger partial charge in [0.2, 0.25) is 0 Å². The summed E-state index contributed by atoms with van der Waals surface area (Å²) in [6.45, 7) is 2.44. The van der Waals surface area contributed by atoms with Gasteiger partial charge >= 0.3 is 6.03 Å². The van der Waals surface area contributed by atoms with Gasteiger partial charge in [0.05, 0.1) is 32.7 Å². The van der Waals surface area contributed by atoms with Crippen LogP contribution in [0.3, 0.4) is 0 Å². The minimum absolute atomic E-state index is 0.182. The standard InChI is InChI=1S/C24H27N5O4/c1-31-17-8-10-22(33-3)20(16-17)25-24(30)29-14-12-28(13-15-29)23-11-9-19(26-27-23)18-6-4-5-7-21(18)32-2/h4-11,16H,12-15H2,1-3H3,(H,25,30). The number of rotatable bonds is 6. The van der Waals surface area contributed by atoms with Crippen molar-refractivity contribution in [1.82, 2.24) is 15.1 Å². The van der Waals surface area contributed by atoms with E-state index in [1.54, 1.807) is 44.4 Å². The lowest BCUT2D eigenvalue weighted by molar-refractivity contribution is 0.208. The summed E-state index contributed by atoms with van der Waals surface area (Å²) in [6, 6.07) is 16.7. The van der Waals surface area contributed by atoms with E-state index >= 15 is 0 Å². The zero-order chi connectivity index (χ0) is 23.2. The Morgan fingerprint density at radius 3 is 2.27 bits per heavy atom. The molecule has 0 atom stereocenters. The van der Waals surface area contributed by atoms with Crippen molar-refractivity contribution in [1.29, 1.82) is 0 Å². The summed E-state index contributed by atoms with van der Waals surface area (Å²) >= 11 is 0. The van der Waals surface area contributed by atoms with Crippen LogP contribution in [0.4, 0.5) is 16.3 Å². The minimum Gasteiger partial charge on any atom is -0.497 e. The average Bonchev–Trinajstić information content (AvgIpc) is 2.88. The molecule has 33 heavy (non-hydrogen) atoms. The molecule has 2 amide bonds. The van der Waals surface area contributed by atoms with Crippen molar-refractivity contribution in [3.63, 3.8) is 0 Å². The second kappa shape index (κ2) is 10.1. The number of para-hydroxylation sites is 1. The Balaban J connectivity index is 1.37. The molecule has 0 spiro atoms. The zero-order valence-corrected chi connectivity index (χ0v) is 18.9. The number of benzene rings is 2. The smallest absolute Gasteiger partial charge is 0.322 e. The number of nitrogens with zero attached hydrogens (tertiary/aromatic N) is 4. The second-order valence-electron chi connectivity index (χ2n) is 7.45. The first-order valence-electron chi connectivity index (χ1n) is 10.6. The molecular weight excluding hydrogens is 422 g/mol. The van der Waals surface area contributed by atoms with Crippen molar-refractivity contribution >= 4 is 17.5 Å². The first kappa shape index (κ1) is 22.2. The molecule has 0 radical (unpaired) electrons. The Kier molecular flexibility index (Phi) is 6.77. The third kappa shape index (κ3) is 4.92. The Hall–Kier alpha value is -4.01. The number of nitrogens with one attached hydrogen (secondary N) is 1. The van der Waals surface area contributed by atoms with Gasteiger partial charge in [-0.1, -0.05) is 12.1 Å². The Labute approximate surface area is 192 Å². The number of piperazine rings is 1. The van der Waals surface area contributed by atoms with E-state index in [1.165, 1.54) is 0 Å². The molecule has 3 aromatic rings. The van der Waals surface area contributed by atoms with Crippen LogP contribution < -0.4 is 24.4 Å². The number of hydrogen-bond acceptors (Lipinski definition) is 7. The van der Waals surface area contributed by atoms with E-state index in [4.69, 9.17) is 14.2 Å². The van der Waals surface area contributed by atoms with Crippen LogP contribution in [0.15, 0.2) is 54.6 Å². The van der Waals surface area contributed by atoms with E-state index < -0.39 is 0 Å². The van der Waals surface area contributed by atoms with Crippen LogP contribution in [0.5, 0.6) is 17.2 Å². The van der Waals surface area contributed by atoms with E-state index in [0.717, 1.165) is 22.8 Å². The molecule has 0 bridgehead atoms. The normalized spacial score (nSPS) is 13.4. The summed E-state index contributed by atoms with van der Waals surface area (Å²) in [5.41, 5.74) is 2.22. The predicted octanol–water partition coefficient (Wildman–Crippen LogP) is 3.52. The fourth-order valence-corrected chi connectivity index (χ4v) is 3.74. The number of ether oxygens (including phenoxy) is 3. The highest BCUT2D eigenvalue weighted by molar-refractivity contribution is 5.91. The quantitative estimate of drug-likeness (QED) is 0.616. The number of methoxy groups -OCH3 is 3. The summed E-state index contributed by atoms with van der Waals surface area (Å²) in [6.07, 6.45) is 0. The summed E-state index contributed by atoms with van der Waals surface area (Å²) in [7, 11) is 4.79. The summed E-state index contributed by atoms with van der Waals surface area (Å²) in [5.74, 6) is 2.76. The average molecular weight is 450 g/mol. The Morgan fingerprint density at radius 2 is 1.61 bits per heavy atom. The maximum Gasteiger partial charge on any atom is 0.322 e. The SMILES string of the molecule is COc1ccc(OC)c(NC(=O)N2CCN(c3ccc(-c4ccccc4OC)nn3)CC2)c1. The Bertz CT molecular complexity index is 1100. The van der Waals surface area contributed by atoms with E-state index in [0.29, 0.717) is 43.4 Å². The molecular formula is C24H27N5O4. The van der Waals surface area contributed by atoms with Crippen LogP contribution in [0.25, 0.3) is 11.3 Å².